The van der Waals surface area contributed by atoms with Gasteiger partial charge in [0.05, 0.1) is 17.6 Å². The molecule has 1 aliphatic heterocycles. The summed E-state index contributed by atoms with van der Waals surface area (Å²) in [5.74, 6) is 2.12. The number of anilines is 2. The molecule has 6 N–H and O–H groups in total. The Balaban J connectivity index is 1.53. The summed E-state index contributed by atoms with van der Waals surface area (Å²) in [6.45, 7) is 15.9. The number of rotatable bonds is 8. The zero-order valence-corrected chi connectivity index (χ0v) is 25.1. The zero-order valence-electron chi connectivity index (χ0n) is 24.3. The van der Waals surface area contributed by atoms with Crippen LogP contribution in [0.2, 0.25) is 0 Å². The number of nitrogens with two attached hydrogens (primary N) is 2. The van der Waals surface area contributed by atoms with Crippen molar-refractivity contribution in [3.05, 3.63) is 77.3 Å². The molecule has 1 unspecified atom stereocenters. The summed E-state index contributed by atoms with van der Waals surface area (Å²) in [6.07, 6.45) is 3.84. The topological polar surface area (TPSA) is 110 Å². The summed E-state index contributed by atoms with van der Waals surface area (Å²) in [5, 5.41) is 11.5. The van der Waals surface area contributed by atoms with E-state index in [1.165, 1.54) is 4.90 Å². The molecule has 0 spiro atoms. The lowest BCUT2D eigenvalue weighted by atomic mass is 9.96. The van der Waals surface area contributed by atoms with E-state index in [0.29, 0.717) is 11.6 Å². The molecule has 3 heterocycles. The quantitative estimate of drug-likeness (QED) is 0.257. The minimum absolute atomic E-state index is 0.0382. The third-order valence-corrected chi connectivity index (χ3v) is 7.78. The fraction of sp³-hybridized carbons (Fsp3) is 0.400. The average molecular weight is 547 g/mol. The summed E-state index contributed by atoms with van der Waals surface area (Å²) >= 11 is 1.70. The highest BCUT2D eigenvalue weighted by molar-refractivity contribution is 8.00. The summed E-state index contributed by atoms with van der Waals surface area (Å²) in [6, 6.07) is 12.4. The molecule has 0 aliphatic carbocycles. The monoisotopic (exact) mass is 546 g/mol. The first-order valence-corrected chi connectivity index (χ1v) is 14.2. The van der Waals surface area contributed by atoms with E-state index < -0.39 is 0 Å². The highest BCUT2D eigenvalue weighted by Crippen LogP contribution is 2.37. The smallest absolute Gasteiger partial charge is 0.151 e. The molecule has 1 atom stereocenters. The number of nitrogens with one attached hydrogen (secondary N) is 2. The van der Waals surface area contributed by atoms with Crippen LogP contribution in [0.5, 0.6) is 0 Å². The number of thioether (sulfide) groups is 1. The molecule has 3 aromatic rings. The van der Waals surface area contributed by atoms with Crippen LogP contribution in [-0.2, 0) is 6.54 Å². The van der Waals surface area contributed by atoms with Crippen molar-refractivity contribution in [3.63, 3.8) is 0 Å². The first-order valence-electron chi connectivity index (χ1n) is 13.3. The summed E-state index contributed by atoms with van der Waals surface area (Å²) in [4.78, 5) is 8.13. The lowest BCUT2D eigenvalue weighted by molar-refractivity contribution is 0.322. The molecule has 0 amide bonds. The van der Waals surface area contributed by atoms with Crippen LogP contribution in [0.25, 0.3) is 11.1 Å². The van der Waals surface area contributed by atoms with E-state index in [4.69, 9.17) is 16.5 Å². The van der Waals surface area contributed by atoms with Crippen LogP contribution in [0, 0.1) is 12.3 Å². The third-order valence-electron chi connectivity index (χ3n) is 6.70. The molecule has 39 heavy (non-hydrogen) atoms. The second kappa shape index (κ2) is 11.3. The maximum Gasteiger partial charge on any atom is 0.151 e. The molecule has 4 rings (SSSR count). The van der Waals surface area contributed by atoms with E-state index in [1.807, 2.05) is 49.3 Å². The number of nitrogens with zero attached hydrogens (tertiary/aromatic N) is 4. The Bertz CT molecular complexity index is 1370. The zero-order chi connectivity index (χ0) is 28.5. The van der Waals surface area contributed by atoms with Crippen molar-refractivity contribution in [1.29, 1.82) is 0 Å². The van der Waals surface area contributed by atoms with Gasteiger partial charge in [-0.15, -0.1) is 0 Å². The van der Waals surface area contributed by atoms with E-state index in [9.17, 15) is 0 Å². The molecule has 2 aromatic heterocycles. The number of hydrogen-bond donors (Lipinski definition) is 4. The fourth-order valence-electron chi connectivity index (χ4n) is 4.47. The molecule has 0 saturated heterocycles. The Morgan fingerprint density at radius 1 is 1.18 bits per heavy atom. The van der Waals surface area contributed by atoms with Crippen LogP contribution in [0.1, 0.15) is 58.8 Å². The van der Waals surface area contributed by atoms with E-state index >= 15 is 0 Å². The molecule has 1 aromatic carbocycles. The van der Waals surface area contributed by atoms with Crippen molar-refractivity contribution in [2.24, 2.45) is 16.9 Å². The standard InChI is InChI=1S/C30H42N8S/c1-18(2)27-21(22-16-33-38(20(22)4)17-30(5,6)7)13-14-26(35-27)37(8)25(31)15-19(3)28(32)36-29-34-23-11-9-10-12-24(23)39-29/h9-16,18,29,34,36H,17,31-32H2,1-8H3/b25-15+,28-19+. The largest absolute Gasteiger partial charge is 0.385 e. The molecule has 0 radical (unpaired) electrons. The number of para-hydroxylation sites is 1. The average Bonchev–Trinajstić information content (AvgIpc) is 3.44. The third kappa shape index (κ3) is 6.53. The Morgan fingerprint density at radius 3 is 2.56 bits per heavy atom. The predicted molar refractivity (Wildman–Crippen MR) is 164 cm³/mol. The van der Waals surface area contributed by atoms with Gasteiger partial charge in [-0.25, -0.2) is 4.98 Å². The number of benzene rings is 1. The lowest BCUT2D eigenvalue weighted by Crippen LogP contribution is -2.34. The van der Waals surface area contributed by atoms with Crippen LogP contribution in [0.15, 0.2) is 70.8 Å². The molecule has 0 fully saturated rings. The van der Waals surface area contributed by atoms with Gasteiger partial charge in [0, 0.05) is 35.3 Å². The van der Waals surface area contributed by atoms with Crippen molar-refractivity contribution >= 4 is 23.3 Å². The maximum absolute atomic E-state index is 6.52. The van der Waals surface area contributed by atoms with E-state index in [2.05, 4.69) is 80.2 Å². The van der Waals surface area contributed by atoms with Crippen LogP contribution in [-0.4, -0.2) is 27.3 Å². The van der Waals surface area contributed by atoms with Crippen LogP contribution in [0.4, 0.5) is 11.5 Å². The normalized spacial score (nSPS) is 16.1. The van der Waals surface area contributed by atoms with Crippen molar-refractivity contribution in [2.75, 3.05) is 17.3 Å². The van der Waals surface area contributed by atoms with Gasteiger partial charge in [-0.05, 0) is 61.1 Å². The molecule has 9 heteroatoms. The Morgan fingerprint density at radius 2 is 1.90 bits per heavy atom. The highest BCUT2D eigenvalue weighted by Gasteiger charge is 2.22. The van der Waals surface area contributed by atoms with Crippen molar-refractivity contribution in [2.45, 2.75) is 71.3 Å². The highest BCUT2D eigenvalue weighted by atomic mass is 32.2. The van der Waals surface area contributed by atoms with Crippen molar-refractivity contribution < 1.29 is 0 Å². The first kappa shape index (κ1) is 28.4. The molecule has 0 bridgehead atoms. The van der Waals surface area contributed by atoms with Gasteiger partial charge in [-0.3, -0.25) is 4.68 Å². The van der Waals surface area contributed by atoms with Gasteiger partial charge in [-0.2, -0.15) is 5.10 Å². The minimum Gasteiger partial charge on any atom is -0.385 e. The molecular formula is C30H42N8S. The minimum atomic E-state index is -0.0382. The Kier molecular flexibility index (Phi) is 8.20. The Hall–Kier alpha value is -3.59. The van der Waals surface area contributed by atoms with Crippen LogP contribution >= 0.6 is 11.8 Å². The molecule has 8 nitrogen and oxygen atoms in total. The number of allylic oxidation sites excluding steroid dienone is 2. The SMILES string of the molecule is CC(/C=C(\N)N(C)c1ccc(-c2cnn(CC(C)(C)C)c2C)c(C(C)C)n1)=C(/N)NC1Nc2ccccc2S1. The molecule has 208 valence electrons. The van der Waals surface area contributed by atoms with E-state index in [1.54, 1.807) is 11.8 Å². The first-order chi connectivity index (χ1) is 18.3. The van der Waals surface area contributed by atoms with Gasteiger partial charge in [0.1, 0.15) is 17.5 Å². The number of hydrogen-bond acceptors (Lipinski definition) is 8. The van der Waals surface area contributed by atoms with Gasteiger partial charge < -0.3 is 27.0 Å². The van der Waals surface area contributed by atoms with Crippen molar-refractivity contribution in [3.8, 4) is 11.1 Å². The second-order valence-electron chi connectivity index (χ2n) is 11.6. The van der Waals surface area contributed by atoms with Gasteiger partial charge in [0.2, 0.25) is 0 Å². The molecule has 1 aliphatic rings. The predicted octanol–water partition coefficient (Wildman–Crippen LogP) is 5.94. The summed E-state index contributed by atoms with van der Waals surface area (Å²) in [5.41, 5.74) is 19.4. The Labute approximate surface area is 236 Å². The van der Waals surface area contributed by atoms with E-state index in [0.717, 1.165) is 46.1 Å². The summed E-state index contributed by atoms with van der Waals surface area (Å²) in [7, 11) is 1.92. The van der Waals surface area contributed by atoms with Gasteiger partial charge >= 0.3 is 0 Å². The number of fused-ring (bicyclic) bond motifs is 1. The lowest BCUT2D eigenvalue weighted by Gasteiger charge is -2.22. The molecule has 0 saturated carbocycles. The van der Waals surface area contributed by atoms with Gasteiger partial charge in [0.15, 0.2) is 5.50 Å². The second-order valence-corrected chi connectivity index (χ2v) is 12.8. The number of aromatic nitrogens is 3. The number of pyridine rings is 1. The van der Waals surface area contributed by atoms with Gasteiger partial charge in [0.25, 0.3) is 0 Å². The van der Waals surface area contributed by atoms with Crippen molar-refractivity contribution in [1.82, 2.24) is 20.1 Å². The maximum atomic E-state index is 6.52. The summed E-state index contributed by atoms with van der Waals surface area (Å²) < 4.78 is 2.09. The fourth-order valence-corrected chi connectivity index (χ4v) is 5.51. The van der Waals surface area contributed by atoms with Crippen LogP contribution in [0.3, 0.4) is 0 Å². The molecular weight excluding hydrogens is 504 g/mol. The van der Waals surface area contributed by atoms with Gasteiger partial charge in [-0.1, -0.05) is 58.5 Å². The van der Waals surface area contributed by atoms with Crippen LogP contribution < -0.4 is 27.0 Å². The van der Waals surface area contributed by atoms with E-state index in [-0.39, 0.29) is 16.8 Å².